The van der Waals surface area contributed by atoms with Gasteiger partial charge in [0.2, 0.25) is 11.5 Å². The summed E-state index contributed by atoms with van der Waals surface area (Å²) >= 11 is 0. The minimum Gasteiger partial charge on any atom is -0.345 e. The van der Waals surface area contributed by atoms with E-state index >= 15 is 0 Å². The Morgan fingerprint density at radius 1 is 1.42 bits per heavy atom. The number of piperidine rings is 1. The molecule has 2 fully saturated rings. The molecule has 0 aromatic carbocycles. The fourth-order valence-corrected chi connectivity index (χ4v) is 3.16. The van der Waals surface area contributed by atoms with Crippen LogP contribution in [0, 0.1) is 5.41 Å². The van der Waals surface area contributed by atoms with Gasteiger partial charge in [0.15, 0.2) is 0 Å². The van der Waals surface area contributed by atoms with Crippen molar-refractivity contribution in [3.8, 4) is 0 Å². The summed E-state index contributed by atoms with van der Waals surface area (Å²) in [6.07, 6.45) is 2.82. The minimum atomic E-state index is -0.405. The van der Waals surface area contributed by atoms with Gasteiger partial charge in [0.05, 0.1) is 6.54 Å². The van der Waals surface area contributed by atoms with E-state index in [9.17, 15) is 9.59 Å². The molecule has 1 spiro atoms. The lowest BCUT2D eigenvalue weighted by Crippen LogP contribution is -3.17. The number of likely N-dealkylation sites (tertiary alicyclic amines) is 2. The Bertz CT molecular complexity index is 385. The predicted octanol–water partition coefficient (Wildman–Crippen LogP) is -0.211. The number of carbonyl (C=O) groups excluding carboxylic acids is 2. The standard InChI is InChI=1S/C14H24N2O3/c1-13(2,3)19-12(18)16-8-5-6-14(10-16)7-9-15(4)11(14)17/h5-10H2,1-4H3/p+2. The van der Waals surface area contributed by atoms with Crippen LogP contribution in [0.3, 0.4) is 0 Å². The number of rotatable bonds is 0. The quantitative estimate of drug-likeness (QED) is 0.619. The van der Waals surface area contributed by atoms with E-state index in [4.69, 9.17) is 4.74 Å². The molecule has 0 radical (unpaired) electrons. The van der Waals surface area contributed by atoms with E-state index in [-0.39, 0.29) is 17.4 Å². The molecule has 2 unspecified atom stereocenters. The monoisotopic (exact) mass is 270 g/mol. The van der Waals surface area contributed by atoms with Crippen LogP contribution in [0.25, 0.3) is 0 Å². The van der Waals surface area contributed by atoms with Crippen LogP contribution in [0.5, 0.6) is 0 Å². The van der Waals surface area contributed by atoms with Gasteiger partial charge in [-0.3, -0.25) is 14.3 Å². The zero-order valence-corrected chi connectivity index (χ0v) is 12.5. The smallest absolute Gasteiger partial charge is 0.345 e. The SMILES string of the molecule is CN1CCC2(CCC[NH+](C(=[OH+])OC(C)(C)C)C2)C1=O. The molecule has 2 saturated heterocycles. The van der Waals surface area contributed by atoms with Crippen LogP contribution >= 0.6 is 0 Å². The van der Waals surface area contributed by atoms with E-state index in [0.29, 0.717) is 6.54 Å². The molecule has 0 bridgehead atoms. The number of nitrogens with zero attached hydrogens (tertiary/aromatic N) is 1. The number of ether oxygens (including phenoxy) is 1. The minimum absolute atomic E-state index is 0.0360. The predicted molar refractivity (Wildman–Crippen MR) is 72.4 cm³/mol. The van der Waals surface area contributed by atoms with Crippen molar-refractivity contribution in [1.82, 2.24) is 4.90 Å². The fourth-order valence-electron chi connectivity index (χ4n) is 3.16. The number of alkyl carbamates (subject to hydrolysis) is 2. The van der Waals surface area contributed by atoms with Crippen molar-refractivity contribution in [3.05, 3.63) is 0 Å². The topological polar surface area (TPSA) is 55.4 Å². The third kappa shape index (κ3) is 2.91. The summed E-state index contributed by atoms with van der Waals surface area (Å²) in [6, 6.07) is 0. The Labute approximate surface area is 114 Å². The molecule has 2 aliphatic heterocycles. The highest BCUT2D eigenvalue weighted by molar-refractivity contribution is 5.85. The lowest BCUT2D eigenvalue weighted by atomic mass is 9.78. The van der Waals surface area contributed by atoms with Crippen molar-refractivity contribution in [3.63, 3.8) is 0 Å². The highest BCUT2D eigenvalue weighted by Crippen LogP contribution is 2.35. The third-order valence-corrected chi connectivity index (χ3v) is 4.12. The molecule has 5 nitrogen and oxygen atoms in total. The first kappa shape index (κ1) is 14.3. The molecule has 0 aromatic heterocycles. The summed E-state index contributed by atoms with van der Waals surface area (Å²) in [4.78, 5) is 25.2. The number of carbonyl (C=O) groups is 1. The van der Waals surface area contributed by atoms with Crippen molar-refractivity contribution >= 4 is 12.0 Å². The molecule has 2 N–H and O–H groups in total. The summed E-state index contributed by atoms with van der Waals surface area (Å²) in [5.41, 5.74) is -0.685. The molecule has 0 saturated carbocycles. The largest absolute Gasteiger partial charge is 0.702 e. The van der Waals surface area contributed by atoms with Gasteiger partial charge in [0.25, 0.3) is 0 Å². The molecule has 2 aliphatic rings. The van der Waals surface area contributed by atoms with Gasteiger partial charge >= 0.3 is 6.09 Å². The Balaban J connectivity index is 2.06. The summed E-state index contributed by atoms with van der Waals surface area (Å²) < 4.78 is 5.55. The molecule has 2 atom stereocenters. The van der Waals surface area contributed by atoms with E-state index in [0.717, 1.165) is 37.3 Å². The number of quaternary nitrogens is 1. The Kier molecular flexibility index (Phi) is 3.60. The van der Waals surface area contributed by atoms with Crippen molar-refractivity contribution in [2.45, 2.75) is 45.6 Å². The summed E-state index contributed by atoms with van der Waals surface area (Å²) in [7, 11) is 1.86. The van der Waals surface area contributed by atoms with Crippen molar-refractivity contribution in [1.29, 1.82) is 0 Å². The molecule has 19 heavy (non-hydrogen) atoms. The van der Waals surface area contributed by atoms with Crippen LogP contribution in [0.4, 0.5) is 0 Å². The number of hydrogen-bond donors (Lipinski definition) is 1. The first-order chi connectivity index (χ1) is 8.73. The second kappa shape index (κ2) is 4.78. The van der Waals surface area contributed by atoms with Crippen molar-refractivity contribution in [2.24, 2.45) is 5.41 Å². The van der Waals surface area contributed by atoms with Gasteiger partial charge in [-0.25, -0.2) is 0 Å². The maximum atomic E-state index is 12.3. The highest BCUT2D eigenvalue weighted by Gasteiger charge is 2.53. The van der Waals surface area contributed by atoms with E-state index in [2.05, 4.69) is 0 Å². The normalized spacial score (nSPS) is 31.9. The molecule has 2 heterocycles. The second-order valence-electron chi connectivity index (χ2n) is 6.91. The zero-order chi connectivity index (χ0) is 14.3. The lowest BCUT2D eigenvalue weighted by Gasteiger charge is -2.32. The molecule has 2 rings (SSSR count). The van der Waals surface area contributed by atoms with Crippen LogP contribution in [-0.2, 0) is 9.53 Å². The van der Waals surface area contributed by atoms with Gasteiger partial charge < -0.3 is 4.90 Å². The van der Waals surface area contributed by atoms with Gasteiger partial charge in [-0.1, -0.05) is 0 Å². The Morgan fingerprint density at radius 3 is 2.63 bits per heavy atom. The Hall–Kier alpha value is -1.10. The fraction of sp³-hybridized carbons (Fsp3) is 0.857. The van der Waals surface area contributed by atoms with Crippen LogP contribution in [0.2, 0.25) is 0 Å². The lowest BCUT2D eigenvalue weighted by molar-refractivity contribution is -0.834. The van der Waals surface area contributed by atoms with Gasteiger partial charge in [-0.2, -0.15) is 4.90 Å². The Morgan fingerprint density at radius 2 is 2.11 bits per heavy atom. The molecule has 0 aliphatic carbocycles. The van der Waals surface area contributed by atoms with Gasteiger partial charge in [0.1, 0.15) is 12.0 Å². The van der Waals surface area contributed by atoms with Crippen molar-refractivity contribution < 1.29 is 19.2 Å². The van der Waals surface area contributed by atoms with E-state index in [1.54, 1.807) is 0 Å². The first-order valence-corrected chi connectivity index (χ1v) is 7.09. The molecule has 108 valence electrons. The van der Waals surface area contributed by atoms with Gasteiger partial charge in [0, 0.05) is 34.4 Å². The average molecular weight is 270 g/mol. The van der Waals surface area contributed by atoms with Crippen LogP contribution in [0.15, 0.2) is 0 Å². The molecular weight excluding hydrogens is 244 g/mol. The maximum Gasteiger partial charge on any atom is 0.702 e. The number of hydrogen-bond acceptors (Lipinski definition) is 2. The van der Waals surface area contributed by atoms with Crippen LogP contribution in [-0.4, -0.2) is 54.0 Å². The van der Waals surface area contributed by atoms with Crippen molar-refractivity contribution in [2.75, 3.05) is 26.7 Å². The first-order valence-electron chi connectivity index (χ1n) is 7.09. The third-order valence-electron chi connectivity index (χ3n) is 4.12. The maximum absolute atomic E-state index is 12.3. The molecule has 0 aromatic rings. The summed E-state index contributed by atoms with van der Waals surface area (Å²) in [5, 5.41) is 0. The molecule has 5 heteroatoms. The zero-order valence-electron chi connectivity index (χ0n) is 12.5. The van der Waals surface area contributed by atoms with Gasteiger partial charge in [-0.05, 0) is 19.3 Å². The van der Waals surface area contributed by atoms with E-state index in [1.807, 2.05) is 32.7 Å². The number of nitrogens with one attached hydrogen (secondary N) is 1. The molecular formula is C14H26N2O3+2. The van der Waals surface area contributed by atoms with Crippen LogP contribution < -0.4 is 4.90 Å². The van der Waals surface area contributed by atoms with E-state index in [1.165, 1.54) is 0 Å². The summed E-state index contributed by atoms with van der Waals surface area (Å²) in [5.74, 6) is 0.230. The summed E-state index contributed by atoms with van der Waals surface area (Å²) in [6.45, 7) is 8.05. The van der Waals surface area contributed by atoms with Crippen LogP contribution in [0.1, 0.15) is 40.0 Å². The average Bonchev–Trinajstić information content (AvgIpc) is 2.56. The van der Waals surface area contributed by atoms with E-state index < -0.39 is 5.60 Å². The highest BCUT2D eigenvalue weighted by atomic mass is 16.6. The molecule has 2 amide bonds. The second-order valence-corrected chi connectivity index (χ2v) is 6.91. The van der Waals surface area contributed by atoms with Gasteiger partial charge in [-0.15, -0.1) is 0 Å². The number of amides is 2.